The molecule has 0 N–H and O–H groups in total. The molecular weight excluding hydrogens is 196 g/mol. The maximum Gasteiger partial charge on any atom is 0.123 e. The Morgan fingerprint density at radius 1 is 0.938 bits per heavy atom. The molecule has 0 fully saturated rings. The number of rotatable bonds is 1. The molecule has 0 saturated carbocycles. The average Bonchev–Trinajstić information content (AvgIpc) is 2.71. The largest absolute Gasteiger partial charge is 0.492 e. The molecule has 0 aromatic heterocycles. The van der Waals surface area contributed by atoms with Crippen molar-refractivity contribution in [3.05, 3.63) is 65.7 Å². The predicted molar refractivity (Wildman–Crippen MR) is 64.8 cm³/mol. The Morgan fingerprint density at radius 3 is 2.44 bits per heavy atom. The number of fused-ring (bicyclic) bond motifs is 1. The van der Waals surface area contributed by atoms with Crippen molar-refractivity contribution in [2.24, 2.45) is 0 Å². The highest BCUT2D eigenvalue weighted by Crippen LogP contribution is 2.42. The number of benzene rings is 2. The Bertz CT molecular complexity index is 504. The first-order valence-electron chi connectivity index (χ1n) is 5.58. The first-order chi connectivity index (χ1) is 7.81. The van der Waals surface area contributed by atoms with Crippen molar-refractivity contribution >= 4 is 0 Å². The molecule has 1 heterocycles. The van der Waals surface area contributed by atoms with E-state index < -0.39 is 0 Å². The van der Waals surface area contributed by atoms with Crippen LogP contribution in [-0.2, 0) is 5.41 Å². The van der Waals surface area contributed by atoms with Crippen LogP contribution in [0.25, 0.3) is 0 Å². The van der Waals surface area contributed by atoms with E-state index >= 15 is 0 Å². The summed E-state index contributed by atoms with van der Waals surface area (Å²) in [5, 5.41) is 0. The first-order valence-corrected chi connectivity index (χ1v) is 5.58. The van der Waals surface area contributed by atoms with Crippen molar-refractivity contribution < 1.29 is 4.74 Å². The summed E-state index contributed by atoms with van der Waals surface area (Å²) in [5.41, 5.74) is 2.61. The van der Waals surface area contributed by atoms with Gasteiger partial charge < -0.3 is 4.74 Å². The monoisotopic (exact) mass is 210 g/mol. The van der Waals surface area contributed by atoms with E-state index in [9.17, 15) is 0 Å². The average molecular weight is 210 g/mol. The molecule has 80 valence electrons. The van der Waals surface area contributed by atoms with Crippen LogP contribution in [0.15, 0.2) is 54.6 Å². The second-order valence-electron chi connectivity index (χ2n) is 4.48. The maximum atomic E-state index is 5.77. The van der Waals surface area contributed by atoms with Crippen LogP contribution >= 0.6 is 0 Å². The van der Waals surface area contributed by atoms with Crippen molar-refractivity contribution in [1.82, 2.24) is 0 Å². The summed E-state index contributed by atoms with van der Waals surface area (Å²) in [5.74, 6) is 1.02. The van der Waals surface area contributed by atoms with Gasteiger partial charge in [0, 0.05) is 5.56 Å². The highest BCUT2D eigenvalue weighted by molar-refractivity contribution is 5.49. The van der Waals surface area contributed by atoms with Crippen molar-refractivity contribution in [3.63, 3.8) is 0 Å². The van der Waals surface area contributed by atoms with Crippen LogP contribution in [0.3, 0.4) is 0 Å². The molecule has 1 nitrogen and oxygen atoms in total. The third-order valence-electron chi connectivity index (χ3n) is 3.41. The van der Waals surface area contributed by atoms with E-state index in [0.29, 0.717) is 0 Å². The molecule has 16 heavy (non-hydrogen) atoms. The second kappa shape index (κ2) is 3.38. The molecule has 1 aliphatic heterocycles. The topological polar surface area (TPSA) is 9.23 Å². The Labute approximate surface area is 95.7 Å². The Morgan fingerprint density at radius 2 is 1.62 bits per heavy atom. The molecule has 2 aromatic carbocycles. The number of ether oxygens (including phenoxy) is 1. The van der Waals surface area contributed by atoms with E-state index in [1.54, 1.807) is 0 Å². The zero-order valence-electron chi connectivity index (χ0n) is 9.31. The molecule has 0 aliphatic carbocycles. The van der Waals surface area contributed by atoms with Gasteiger partial charge in [0.05, 0.1) is 5.41 Å². The molecule has 0 radical (unpaired) electrons. The van der Waals surface area contributed by atoms with Gasteiger partial charge in [-0.05, 0) is 18.6 Å². The lowest BCUT2D eigenvalue weighted by Crippen LogP contribution is -2.25. The summed E-state index contributed by atoms with van der Waals surface area (Å²) in [6.45, 7) is 2.98. The van der Waals surface area contributed by atoms with E-state index in [4.69, 9.17) is 4.74 Å². The molecule has 0 saturated heterocycles. The Kier molecular flexibility index (Phi) is 2.00. The Hall–Kier alpha value is -1.76. The van der Waals surface area contributed by atoms with Crippen LogP contribution in [0.5, 0.6) is 5.75 Å². The molecule has 0 spiro atoms. The van der Waals surface area contributed by atoms with Crippen molar-refractivity contribution in [2.75, 3.05) is 6.61 Å². The minimum Gasteiger partial charge on any atom is -0.492 e. The summed E-state index contributed by atoms with van der Waals surface area (Å²) in [7, 11) is 0. The van der Waals surface area contributed by atoms with Gasteiger partial charge in [0.15, 0.2) is 0 Å². The van der Waals surface area contributed by atoms with E-state index in [1.807, 2.05) is 12.1 Å². The normalized spacial score (nSPS) is 22.6. The summed E-state index contributed by atoms with van der Waals surface area (Å²) in [4.78, 5) is 0. The van der Waals surface area contributed by atoms with Crippen LogP contribution in [0.4, 0.5) is 0 Å². The first kappa shape index (κ1) is 9.46. The summed E-state index contributed by atoms with van der Waals surface area (Å²) in [6, 6.07) is 18.9. The van der Waals surface area contributed by atoms with E-state index in [2.05, 4.69) is 49.4 Å². The van der Waals surface area contributed by atoms with Crippen LogP contribution in [0.1, 0.15) is 18.1 Å². The van der Waals surface area contributed by atoms with Crippen molar-refractivity contribution in [2.45, 2.75) is 12.3 Å². The van der Waals surface area contributed by atoms with Crippen LogP contribution < -0.4 is 4.74 Å². The molecule has 0 bridgehead atoms. The summed E-state index contributed by atoms with van der Waals surface area (Å²) < 4.78 is 5.77. The lowest BCUT2D eigenvalue weighted by Gasteiger charge is -2.23. The van der Waals surface area contributed by atoms with Gasteiger partial charge in [-0.25, -0.2) is 0 Å². The van der Waals surface area contributed by atoms with E-state index in [0.717, 1.165) is 12.4 Å². The molecule has 0 amide bonds. The minimum absolute atomic E-state index is 0.00213. The van der Waals surface area contributed by atoms with Crippen LogP contribution in [0, 0.1) is 0 Å². The van der Waals surface area contributed by atoms with Gasteiger partial charge in [-0.3, -0.25) is 0 Å². The van der Waals surface area contributed by atoms with Gasteiger partial charge in [-0.1, -0.05) is 48.5 Å². The van der Waals surface area contributed by atoms with Gasteiger partial charge >= 0.3 is 0 Å². The fourth-order valence-electron chi connectivity index (χ4n) is 2.39. The van der Waals surface area contributed by atoms with Crippen LogP contribution in [-0.4, -0.2) is 6.61 Å². The fraction of sp³-hybridized carbons (Fsp3) is 0.200. The fourth-order valence-corrected chi connectivity index (χ4v) is 2.39. The van der Waals surface area contributed by atoms with Gasteiger partial charge in [-0.15, -0.1) is 0 Å². The van der Waals surface area contributed by atoms with Gasteiger partial charge in [0.2, 0.25) is 0 Å². The summed E-state index contributed by atoms with van der Waals surface area (Å²) >= 11 is 0. The smallest absolute Gasteiger partial charge is 0.123 e. The summed E-state index contributed by atoms with van der Waals surface area (Å²) in [6.07, 6.45) is 0. The number of para-hydroxylation sites is 1. The standard InChI is InChI=1S/C15H14O/c1-15(12-7-3-2-4-8-12)11-16-14-10-6-5-9-13(14)15/h2-10H,11H2,1H3/t15-/m0/s1. The van der Waals surface area contributed by atoms with E-state index in [1.165, 1.54) is 11.1 Å². The number of hydrogen-bond donors (Lipinski definition) is 0. The molecule has 1 atom stereocenters. The van der Waals surface area contributed by atoms with Gasteiger partial charge in [-0.2, -0.15) is 0 Å². The minimum atomic E-state index is -0.00213. The lowest BCUT2D eigenvalue weighted by atomic mass is 9.78. The van der Waals surface area contributed by atoms with Gasteiger partial charge in [0.1, 0.15) is 12.4 Å². The van der Waals surface area contributed by atoms with E-state index in [-0.39, 0.29) is 5.41 Å². The quantitative estimate of drug-likeness (QED) is 0.701. The third kappa shape index (κ3) is 1.25. The third-order valence-corrected chi connectivity index (χ3v) is 3.41. The second-order valence-corrected chi connectivity index (χ2v) is 4.48. The van der Waals surface area contributed by atoms with Crippen molar-refractivity contribution in [3.8, 4) is 5.75 Å². The highest BCUT2D eigenvalue weighted by Gasteiger charge is 2.37. The van der Waals surface area contributed by atoms with Gasteiger partial charge in [0.25, 0.3) is 0 Å². The zero-order valence-corrected chi connectivity index (χ0v) is 9.31. The van der Waals surface area contributed by atoms with Crippen molar-refractivity contribution in [1.29, 1.82) is 0 Å². The molecule has 0 unspecified atom stereocenters. The lowest BCUT2D eigenvalue weighted by molar-refractivity contribution is 0.303. The highest BCUT2D eigenvalue weighted by atomic mass is 16.5. The maximum absolute atomic E-state index is 5.77. The predicted octanol–water partition coefficient (Wildman–Crippen LogP) is 3.39. The molecule has 1 heteroatoms. The molecule has 2 aromatic rings. The zero-order chi connectivity index (χ0) is 11.0. The Balaban J connectivity index is 2.15. The molecule has 3 rings (SSSR count). The SMILES string of the molecule is C[C@@]1(c2ccccc2)COc2ccccc21. The van der Waals surface area contributed by atoms with Crippen LogP contribution in [0.2, 0.25) is 0 Å². The number of hydrogen-bond acceptors (Lipinski definition) is 1. The molecule has 1 aliphatic rings. The molecular formula is C15H14O.